The first-order valence-corrected chi connectivity index (χ1v) is 7.33. The van der Waals surface area contributed by atoms with Crippen LogP contribution in [-0.4, -0.2) is 0 Å². The molecule has 0 saturated heterocycles. The van der Waals surface area contributed by atoms with Crippen LogP contribution in [0.3, 0.4) is 0 Å². The Morgan fingerprint density at radius 3 is 2.50 bits per heavy atom. The van der Waals surface area contributed by atoms with Gasteiger partial charge < -0.3 is 0 Å². The molecule has 0 bridgehead atoms. The first kappa shape index (κ1) is 13.9. The lowest BCUT2D eigenvalue weighted by Crippen LogP contribution is -1.99. The third-order valence-electron chi connectivity index (χ3n) is 2.69. The van der Waals surface area contributed by atoms with E-state index in [4.69, 9.17) is 0 Å². The molecule has 2 rings (SSSR count). The second-order valence-corrected chi connectivity index (χ2v) is 6.20. The van der Waals surface area contributed by atoms with Crippen LogP contribution in [0.1, 0.15) is 21.5 Å². The summed E-state index contributed by atoms with van der Waals surface area (Å²) in [4.78, 5) is -0.345. The summed E-state index contributed by atoms with van der Waals surface area (Å²) in [5.41, 5.74) is 1.54. The summed E-state index contributed by atoms with van der Waals surface area (Å²) in [7, 11) is 0. The van der Waals surface area contributed by atoms with Gasteiger partial charge in [0.15, 0.2) is 0 Å². The maximum atomic E-state index is 13.9. The van der Waals surface area contributed by atoms with Gasteiger partial charge in [-0.1, -0.05) is 28.1 Å². The Morgan fingerprint density at radius 2 is 1.83 bits per heavy atom. The Labute approximate surface area is 127 Å². The van der Waals surface area contributed by atoms with Crippen molar-refractivity contribution in [3.63, 3.8) is 0 Å². The number of benzene rings is 2. The van der Waals surface area contributed by atoms with Crippen LogP contribution in [-0.2, 0) is 0 Å². The van der Waals surface area contributed by atoms with E-state index in [1.54, 1.807) is 6.92 Å². The lowest BCUT2D eigenvalue weighted by atomic mass is 10.0. The maximum Gasteiger partial charge on any atom is 0.128 e. The van der Waals surface area contributed by atoms with E-state index in [-0.39, 0.29) is 10.6 Å². The molecule has 94 valence electrons. The molecule has 0 fully saturated rings. The minimum Gasteiger partial charge on any atom is -0.207 e. The highest BCUT2D eigenvalue weighted by molar-refractivity contribution is 14.1. The van der Waals surface area contributed by atoms with Crippen LogP contribution in [0.4, 0.5) is 8.78 Å². The third-order valence-corrected chi connectivity index (χ3v) is 4.39. The van der Waals surface area contributed by atoms with E-state index in [0.29, 0.717) is 11.1 Å². The zero-order valence-electron chi connectivity index (χ0n) is 9.55. The van der Waals surface area contributed by atoms with Gasteiger partial charge in [-0.2, -0.15) is 0 Å². The van der Waals surface area contributed by atoms with Crippen LogP contribution in [0.25, 0.3) is 0 Å². The monoisotopic (exact) mass is 422 g/mol. The van der Waals surface area contributed by atoms with Crippen molar-refractivity contribution < 1.29 is 8.78 Å². The molecular weight excluding hydrogens is 413 g/mol. The van der Waals surface area contributed by atoms with Gasteiger partial charge in [-0.05, 0) is 64.9 Å². The van der Waals surface area contributed by atoms with E-state index in [1.165, 1.54) is 12.1 Å². The molecule has 1 atom stereocenters. The molecule has 0 N–H and O–H groups in total. The van der Waals surface area contributed by atoms with Crippen LogP contribution in [0.15, 0.2) is 36.4 Å². The molecule has 0 nitrogen and oxygen atoms in total. The first-order chi connectivity index (χ1) is 8.49. The lowest BCUT2D eigenvalue weighted by Gasteiger charge is -2.13. The van der Waals surface area contributed by atoms with Crippen LogP contribution >= 0.6 is 38.5 Å². The standard InChI is InChI=1S/C14H10BrF2I/c1-8-5-13(17)11(7-12(8)16)14(15)9-3-2-4-10(18)6-9/h2-7,14H,1H3. The normalized spacial score (nSPS) is 12.5. The van der Waals surface area contributed by atoms with Gasteiger partial charge in [0.2, 0.25) is 0 Å². The third kappa shape index (κ3) is 2.91. The quantitative estimate of drug-likeness (QED) is 0.451. The highest BCUT2D eigenvalue weighted by Crippen LogP contribution is 2.34. The predicted molar refractivity (Wildman–Crippen MR) is 81.0 cm³/mol. The molecule has 0 amide bonds. The molecule has 0 heterocycles. The van der Waals surface area contributed by atoms with Gasteiger partial charge in [0.1, 0.15) is 11.6 Å². The summed E-state index contributed by atoms with van der Waals surface area (Å²) in [6.45, 7) is 1.55. The Balaban J connectivity index is 2.46. The zero-order chi connectivity index (χ0) is 13.3. The van der Waals surface area contributed by atoms with E-state index in [2.05, 4.69) is 38.5 Å². The minimum absolute atomic E-state index is 0.318. The fraction of sp³-hybridized carbons (Fsp3) is 0.143. The van der Waals surface area contributed by atoms with Crippen LogP contribution in [0.2, 0.25) is 0 Å². The number of halogens is 4. The fourth-order valence-corrected chi connectivity index (χ4v) is 2.90. The van der Waals surface area contributed by atoms with Crippen LogP contribution in [0, 0.1) is 22.1 Å². The molecule has 0 saturated carbocycles. The van der Waals surface area contributed by atoms with Gasteiger partial charge in [-0.25, -0.2) is 8.78 Å². The molecule has 0 radical (unpaired) electrons. The molecule has 0 aliphatic rings. The summed E-state index contributed by atoms with van der Waals surface area (Å²) in [5, 5.41) is 0. The Bertz CT molecular complexity index is 584. The molecule has 0 aliphatic carbocycles. The molecule has 0 aliphatic heterocycles. The molecular formula is C14H10BrF2I. The van der Waals surface area contributed by atoms with Gasteiger partial charge >= 0.3 is 0 Å². The number of hydrogen-bond donors (Lipinski definition) is 0. The summed E-state index contributed by atoms with van der Waals surface area (Å²) < 4.78 is 28.5. The zero-order valence-corrected chi connectivity index (χ0v) is 13.3. The SMILES string of the molecule is Cc1cc(F)c(C(Br)c2cccc(I)c2)cc1F. The highest BCUT2D eigenvalue weighted by atomic mass is 127. The van der Waals surface area contributed by atoms with E-state index in [0.717, 1.165) is 9.13 Å². The minimum atomic E-state index is -0.394. The number of alkyl halides is 1. The topological polar surface area (TPSA) is 0 Å². The lowest BCUT2D eigenvalue weighted by molar-refractivity contribution is 0.581. The van der Waals surface area contributed by atoms with Crippen molar-refractivity contribution in [2.24, 2.45) is 0 Å². The molecule has 18 heavy (non-hydrogen) atoms. The maximum absolute atomic E-state index is 13.9. The molecule has 2 aromatic rings. The highest BCUT2D eigenvalue weighted by Gasteiger charge is 2.17. The van der Waals surface area contributed by atoms with Gasteiger partial charge in [0.25, 0.3) is 0 Å². The van der Waals surface area contributed by atoms with Crippen molar-refractivity contribution in [1.29, 1.82) is 0 Å². The van der Waals surface area contributed by atoms with Crippen molar-refractivity contribution in [3.05, 3.63) is 68.3 Å². The van der Waals surface area contributed by atoms with Crippen molar-refractivity contribution in [2.75, 3.05) is 0 Å². The predicted octanol–water partition coefficient (Wildman–Crippen LogP) is 5.36. The molecule has 0 aromatic heterocycles. The molecule has 2 aromatic carbocycles. The van der Waals surface area contributed by atoms with Crippen LogP contribution in [0.5, 0.6) is 0 Å². The van der Waals surface area contributed by atoms with Crippen molar-refractivity contribution >= 4 is 38.5 Å². The number of aryl methyl sites for hydroxylation is 1. The Hall–Kier alpha value is -0.490. The Kier molecular flexibility index (Phi) is 4.37. The average Bonchev–Trinajstić information content (AvgIpc) is 2.33. The summed E-state index contributed by atoms with van der Waals surface area (Å²) in [6.07, 6.45) is 0. The van der Waals surface area contributed by atoms with Gasteiger partial charge in [-0.15, -0.1) is 0 Å². The van der Waals surface area contributed by atoms with E-state index in [9.17, 15) is 8.78 Å². The van der Waals surface area contributed by atoms with Gasteiger partial charge in [0, 0.05) is 9.13 Å². The fourth-order valence-electron chi connectivity index (χ4n) is 1.70. The number of rotatable bonds is 2. The second kappa shape index (κ2) is 5.65. The summed E-state index contributed by atoms with van der Waals surface area (Å²) in [6, 6.07) is 10.2. The molecule has 0 spiro atoms. The first-order valence-electron chi connectivity index (χ1n) is 5.34. The van der Waals surface area contributed by atoms with E-state index < -0.39 is 5.82 Å². The largest absolute Gasteiger partial charge is 0.207 e. The Morgan fingerprint density at radius 1 is 1.11 bits per heavy atom. The van der Waals surface area contributed by atoms with Crippen molar-refractivity contribution in [2.45, 2.75) is 11.8 Å². The van der Waals surface area contributed by atoms with E-state index in [1.807, 2.05) is 24.3 Å². The van der Waals surface area contributed by atoms with Gasteiger partial charge in [0.05, 0.1) is 4.83 Å². The van der Waals surface area contributed by atoms with Gasteiger partial charge in [-0.3, -0.25) is 0 Å². The van der Waals surface area contributed by atoms with Crippen molar-refractivity contribution in [1.82, 2.24) is 0 Å². The number of hydrogen-bond acceptors (Lipinski definition) is 0. The second-order valence-electron chi connectivity index (χ2n) is 4.04. The summed E-state index contributed by atoms with van der Waals surface area (Å²) >= 11 is 5.62. The molecule has 1 unspecified atom stereocenters. The van der Waals surface area contributed by atoms with Crippen molar-refractivity contribution in [3.8, 4) is 0 Å². The summed E-state index contributed by atoms with van der Waals surface area (Å²) in [5.74, 6) is -0.781. The van der Waals surface area contributed by atoms with E-state index >= 15 is 0 Å². The van der Waals surface area contributed by atoms with Crippen LogP contribution < -0.4 is 0 Å². The molecule has 4 heteroatoms. The smallest absolute Gasteiger partial charge is 0.128 e. The average molecular weight is 423 g/mol.